The molecule has 2 aliphatic rings. The van der Waals surface area contributed by atoms with Crippen LogP contribution in [0.15, 0.2) is 24.3 Å². The van der Waals surface area contributed by atoms with Gasteiger partial charge < -0.3 is 4.74 Å². The summed E-state index contributed by atoms with van der Waals surface area (Å²) in [7, 11) is 0. The molecule has 0 atom stereocenters. The zero-order valence-electron chi connectivity index (χ0n) is 14.7. The molecule has 0 spiro atoms. The Morgan fingerprint density at radius 2 is 1.50 bits per heavy atom. The summed E-state index contributed by atoms with van der Waals surface area (Å²) in [5.41, 5.74) is 0. The second-order valence-electron chi connectivity index (χ2n) is 7.95. The Morgan fingerprint density at radius 3 is 2.08 bits per heavy atom. The minimum atomic E-state index is -0.313. The van der Waals surface area contributed by atoms with Gasteiger partial charge in [0.15, 0.2) is 0 Å². The molecule has 1 aromatic rings. The maximum Gasteiger partial charge on any atom is 0.314 e. The van der Waals surface area contributed by atoms with Gasteiger partial charge in [-0.3, -0.25) is 4.79 Å². The van der Waals surface area contributed by atoms with Crippen molar-refractivity contribution in [1.29, 1.82) is 0 Å². The van der Waals surface area contributed by atoms with Crippen LogP contribution in [0, 0.1) is 29.5 Å². The average Bonchev–Trinajstić information content (AvgIpc) is 2.59. The molecule has 2 nitrogen and oxygen atoms in total. The first-order chi connectivity index (χ1) is 11.6. The topological polar surface area (TPSA) is 26.3 Å². The first-order valence-corrected chi connectivity index (χ1v) is 9.57. The summed E-state index contributed by atoms with van der Waals surface area (Å²) >= 11 is 0. The van der Waals surface area contributed by atoms with Crippen LogP contribution in [0.5, 0.6) is 5.75 Å². The van der Waals surface area contributed by atoms with E-state index in [1.807, 2.05) is 0 Å². The summed E-state index contributed by atoms with van der Waals surface area (Å²) in [6.07, 6.45) is 11.1. The summed E-state index contributed by atoms with van der Waals surface area (Å²) in [5, 5.41) is 0. The summed E-state index contributed by atoms with van der Waals surface area (Å²) < 4.78 is 18.3. The molecule has 3 heteroatoms. The number of carbonyl (C=O) groups excluding carboxylic acids is 1. The number of ether oxygens (including phenoxy) is 1. The highest BCUT2D eigenvalue weighted by Crippen LogP contribution is 2.38. The van der Waals surface area contributed by atoms with Crippen molar-refractivity contribution in [2.45, 2.75) is 64.7 Å². The SMILES string of the molecule is CC1CCC(CC2CCC(C(=O)Oc3ccc(F)cc3)CC2)CC1. The van der Waals surface area contributed by atoms with Crippen molar-refractivity contribution >= 4 is 5.97 Å². The summed E-state index contributed by atoms with van der Waals surface area (Å²) in [6, 6.07) is 5.68. The van der Waals surface area contributed by atoms with Crippen molar-refractivity contribution in [3.05, 3.63) is 30.1 Å². The van der Waals surface area contributed by atoms with Gasteiger partial charge in [0.2, 0.25) is 0 Å². The van der Waals surface area contributed by atoms with Crippen molar-refractivity contribution in [1.82, 2.24) is 0 Å². The van der Waals surface area contributed by atoms with Crippen LogP contribution in [-0.4, -0.2) is 5.97 Å². The maximum absolute atomic E-state index is 12.9. The van der Waals surface area contributed by atoms with Crippen LogP contribution in [-0.2, 0) is 4.79 Å². The summed E-state index contributed by atoms with van der Waals surface area (Å²) in [6.45, 7) is 2.37. The Balaban J connectivity index is 1.41. The molecule has 3 rings (SSSR count). The Labute approximate surface area is 144 Å². The predicted octanol–water partition coefficient (Wildman–Crippen LogP) is 5.75. The standard InChI is InChI=1S/C21H29FO2/c1-15-2-4-16(5-3-15)14-17-6-8-18(9-7-17)21(23)24-20-12-10-19(22)11-13-20/h10-13,15-18H,2-9,14H2,1H3. The molecule has 0 N–H and O–H groups in total. The lowest BCUT2D eigenvalue weighted by Gasteiger charge is -2.32. The molecule has 1 aromatic carbocycles. The highest BCUT2D eigenvalue weighted by molar-refractivity contribution is 5.75. The Hall–Kier alpha value is -1.38. The molecular formula is C21H29FO2. The molecule has 0 bridgehead atoms. The smallest absolute Gasteiger partial charge is 0.314 e. The zero-order valence-corrected chi connectivity index (χ0v) is 14.7. The number of benzene rings is 1. The van der Waals surface area contributed by atoms with E-state index in [-0.39, 0.29) is 17.7 Å². The maximum atomic E-state index is 12.9. The van der Waals surface area contributed by atoms with Crippen molar-refractivity contribution in [2.75, 3.05) is 0 Å². The molecule has 24 heavy (non-hydrogen) atoms. The quantitative estimate of drug-likeness (QED) is 0.518. The first-order valence-electron chi connectivity index (χ1n) is 9.57. The van der Waals surface area contributed by atoms with Crippen molar-refractivity contribution < 1.29 is 13.9 Å². The largest absolute Gasteiger partial charge is 0.426 e. The lowest BCUT2D eigenvalue weighted by atomic mass is 9.73. The summed E-state index contributed by atoms with van der Waals surface area (Å²) in [5.74, 6) is 2.61. The van der Waals surface area contributed by atoms with Gasteiger partial charge in [-0.2, -0.15) is 0 Å². The molecule has 0 heterocycles. The van der Waals surface area contributed by atoms with Crippen LogP contribution in [0.4, 0.5) is 4.39 Å². The van der Waals surface area contributed by atoms with E-state index in [9.17, 15) is 9.18 Å². The molecule has 0 aliphatic heterocycles. The molecule has 2 saturated carbocycles. The van der Waals surface area contributed by atoms with Gasteiger partial charge >= 0.3 is 5.97 Å². The fraction of sp³-hybridized carbons (Fsp3) is 0.667. The van der Waals surface area contributed by atoms with Crippen molar-refractivity contribution in [3.8, 4) is 5.75 Å². The Morgan fingerprint density at radius 1 is 0.958 bits per heavy atom. The second kappa shape index (κ2) is 8.13. The van der Waals surface area contributed by atoms with Gasteiger partial charge in [-0.1, -0.05) is 32.6 Å². The highest BCUT2D eigenvalue weighted by Gasteiger charge is 2.30. The van der Waals surface area contributed by atoms with Crippen LogP contribution in [0.25, 0.3) is 0 Å². The number of carbonyl (C=O) groups is 1. The van der Waals surface area contributed by atoms with E-state index in [0.29, 0.717) is 5.75 Å². The van der Waals surface area contributed by atoms with Gasteiger partial charge in [-0.25, -0.2) is 4.39 Å². The number of esters is 1. The lowest BCUT2D eigenvalue weighted by molar-refractivity contribution is -0.140. The molecule has 0 unspecified atom stereocenters. The van der Waals surface area contributed by atoms with E-state index in [0.717, 1.165) is 43.4 Å². The van der Waals surface area contributed by atoms with Gasteiger partial charge in [-0.05, 0) is 74.1 Å². The molecule has 0 aromatic heterocycles. The number of rotatable bonds is 4. The van der Waals surface area contributed by atoms with E-state index in [2.05, 4.69) is 6.92 Å². The fourth-order valence-corrected chi connectivity index (χ4v) is 4.37. The van der Waals surface area contributed by atoms with Gasteiger partial charge in [0.05, 0.1) is 5.92 Å². The molecular weight excluding hydrogens is 303 g/mol. The first kappa shape index (κ1) is 17.4. The van der Waals surface area contributed by atoms with Gasteiger partial charge in [-0.15, -0.1) is 0 Å². The van der Waals surface area contributed by atoms with Crippen LogP contribution in [0.1, 0.15) is 64.7 Å². The lowest BCUT2D eigenvalue weighted by Crippen LogP contribution is -2.27. The molecule has 0 radical (unpaired) electrons. The van der Waals surface area contributed by atoms with Gasteiger partial charge in [0, 0.05) is 0 Å². The zero-order chi connectivity index (χ0) is 16.9. The van der Waals surface area contributed by atoms with E-state index in [4.69, 9.17) is 4.74 Å². The Kier molecular flexibility index (Phi) is 5.91. The van der Waals surface area contributed by atoms with E-state index in [1.165, 1.54) is 56.4 Å². The van der Waals surface area contributed by atoms with E-state index >= 15 is 0 Å². The Bertz CT molecular complexity index is 523. The number of hydrogen-bond acceptors (Lipinski definition) is 2. The minimum Gasteiger partial charge on any atom is -0.426 e. The second-order valence-corrected chi connectivity index (χ2v) is 7.95. The predicted molar refractivity (Wildman–Crippen MR) is 93.2 cm³/mol. The van der Waals surface area contributed by atoms with E-state index < -0.39 is 0 Å². The molecule has 2 fully saturated rings. The minimum absolute atomic E-state index is 0.0117. The number of halogens is 1. The monoisotopic (exact) mass is 332 g/mol. The van der Waals surface area contributed by atoms with Crippen LogP contribution < -0.4 is 4.74 Å². The van der Waals surface area contributed by atoms with Crippen LogP contribution in [0.3, 0.4) is 0 Å². The van der Waals surface area contributed by atoms with E-state index in [1.54, 1.807) is 0 Å². The third kappa shape index (κ3) is 4.81. The molecule has 2 aliphatic carbocycles. The highest BCUT2D eigenvalue weighted by atomic mass is 19.1. The van der Waals surface area contributed by atoms with Gasteiger partial charge in [0.25, 0.3) is 0 Å². The third-order valence-corrected chi connectivity index (χ3v) is 6.01. The van der Waals surface area contributed by atoms with Crippen molar-refractivity contribution in [2.24, 2.45) is 23.7 Å². The summed E-state index contributed by atoms with van der Waals surface area (Å²) in [4.78, 5) is 12.3. The molecule has 0 amide bonds. The van der Waals surface area contributed by atoms with Crippen LogP contribution in [0.2, 0.25) is 0 Å². The number of hydrogen-bond donors (Lipinski definition) is 0. The normalized spacial score (nSPS) is 30.8. The molecule has 132 valence electrons. The third-order valence-electron chi connectivity index (χ3n) is 6.01. The fourth-order valence-electron chi connectivity index (χ4n) is 4.37. The average molecular weight is 332 g/mol. The van der Waals surface area contributed by atoms with Gasteiger partial charge in [0.1, 0.15) is 11.6 Å². The molecule has 0 saturated heterocycles. The van der Waals surface area contributed by atoms with Crippen molar-refractivity contribution in [3.63, 3.8) is 0 Å². The van der Waals surface area contributed by atoms with Crippen LogP contribution >= 0.6 is 0 Å².